The molecule has 2 heterocycles. The van der Waals surface area contributed by atoms with E-state index in [2.05, 4.69) is 10.3 Å². The Morgan fingerprint density at radius 2 is 1.67 bits per heavy atom. The monoisotopic (exact) mass is 479 g/mol. The number of fused-ring (bicyclic) bond motifs is 1. The summed E-state index contributed by atoms with van der Waals surface area (Å²) in [6.45, 7) is 2.66. The van der Waals surface area contributed by atoms with Gasteiger partial charge in [-0.3, -0.25) is 19.3 Å². The zero-order valence-corrected chi connectivity index (χ0v) is 19.9. The number of carbonyl (C=O) groups is 3. The molecule has 0 spiro atoms. The number of oxazole rings is 1. The van der Waals surface area contributed by atoms with E-state index < -0.39 is 0 Å². The van der Waals surface area contributed by atoms with Crippen molar-refractivity contribution in [2.24, 2.45) is 0 Å². The first-order valence-corrected chi connectivity index (χ1v) is 11.8. The Bertz CT molecular complexity index is 1420. The van der Waals surface area contributed by atoms with Gasteiger partial charge in [0.05, 0.1) is 16.8 Å². The van der Waals surface area contributed by atoms with Gasteiger partial charge in [0.25, 0.3) is 17.7 Å². The van der Waals surface area contributed by atoms with Gasteiger partial charge in [-0.25, -0.2) is 4.98 Å². The van der Waals surface area contributed by atoms with E-state index in [9.17, 15) is 14.4 Å². The Morgan fingerprint density at radius 1 is 0.917 bits per heavy atom. The van der Waals surface area contributed by atoms with Crippen molar-refractivity contribution in [3.8, 4) is 11.5 Å². The molecule has 4 aromatic rings. The molecule has 0 fully saturated rings. The predicted octanol–water partition coefficient (Wildman–Crippen LogP) is 4.46. The summed E-state index contributed by atoms with van der Waals surface area (Å²) in [5, 5.41) is 2.85. The van der Waals surface area contributed by atoms with Crippen LogP contribution in [-0.2, 0) is 12.8 Å². The molecule has 0 radical (unpaired) electrons. The first-order chi connectivity index (χ1) is 17.5. The Labute approximate surface area is 208 Å². The quantitative estimate of drug-likeness (QED) is 0.377. The lowest BCUT2D eigenvalue weighted by atomic mass is 10.1. The molecule has 3 aromatic carbocycles. The zero-order chi connectivity index (χ0) is 25.1. The maximum Gasteiger partial charge on any atom is 0.261 e. The number of hydrogen-bond acceptors (Lipinski definition) is 5. The van der Waals surface area contributed by atoms with E-state index in [-0.39, 0.29) is 23.3 Å². The van der Waals surface area contributed by atoms with E-state index in [1.165, 1.54) is 11.0 Å². The molecule has 0 saturated carbocycles. The molecule has 36 heavy (non-hydrogen) atoms. The van der Waals surface area contributed by atoms with Crippen molar-refractivity contribution in [3.05, 3.63) is 113 Å². The number of nitrogens with zero attached hydrogens (tertiary/aromatic N) is 2. The predicted molar refractivity (Wildman–Crippen MR) is 135 cm³/mol. The minimum Gasteiger partial charge on any atom is -0.444 e. The van der Waals surface area contributed by atoms with E-state index in [4.69, 9.17) is 4.42 Å². The van der Waals surface area contributed by atoms with Gasteiger partial charge in [-0.2, -0.15) is 0 Å². The largest absolute Gasteiger partial charge is 0.444 e. The minimum absolute atomic E-state index is 0.264. The van der Waals surface area contributed by atoms with E-state index >= 15 is 0 Å². The van der Waals surface area contributed by atoms with Crippen LogP contribution in [0.5, 0.6) is 0 Å². The van der Waals surface area contributed by atoms with Gasteiger partial charge in [0.1, 0.15) is 6.26 Å². The zero-order valence-electron chi connectivity index (χ0n) is 19.9. The summed E-state index contributed by atoms with van der Waals surface area (Å²) in [7, 11) is 0. The average Bonchev–Trinajstić information content (AvgIpc) is 3.46. The van der Waals surface area contributed by atoms with Crippen LogP contribution in [0, 0.1) is 6.92 Å². The van der Waals surface area contributed by atoms with E-state index in [1.54, 1.807) is 18.4 Å². The van der Waals surface area contributed by atoms with Crippen molar-refractivity contribution in [1.82, 2.24) is 15.2 Å². The molecule has 0 atom stereocenters. The van der Waals surface area contributed by atoms with E-state index in [1.807, 2.05) is 61.5 Å². The third kappa shape index (κ3) is 4.81. The summed E-state index contributed by atoms with van der Waals surface area (Å²) < 4.78 is 5.57. The number of carbonyl (C=O) groups excluding carboxylic acids is 3. The molecule has 1 aromatic heterocycles. The summed E-state index contributed by atoms with van der Waals surface area (Å²) >= 11 is 0. The van der Waals surface area contributed by atoms with Gasteiger partial charge in [-0.15, -0.1) is 0 Å². The molecule has 0 unspecified atom stereocenters. The molecule has 180 valence electrons. The fourth-order valence-electron chi connectivity index (χ4n) is 4.18. The fraction of sp³-hybridized carbons (Fsp3) is 0.172. The van der Waals surface area contributed by atoms with Crippen LogP contribution in [0.25, 0.3) is 11.5 Å². The third-order valence-electron chi connectivity index (χ3n) is 6.22. The lowest BCUT2D eigenvalue weighted by Crippen LogP contribution is -2.31. The van der Waals surface area contributed by atoms with Gasteiger partial charge >= 0.3 is 0 Å². The first-order valence-electron chi connectivity index (χ1n) is 11.8. The second-order valence-corrected chi connectivity index (χ2v) is 8.77. The number of aromatic nitrogens is 1. The minimum atomic E-state index is -0.369. The fourth-order valence-corrected chi connectivity index (χ4v) is 4.18. The number of imide groups is 1. The van der Waals surface area contributed by atoms with Crippen molar-refractivity contribution >= 4 is 17.7 Å². The van der Waals surface area contributed by atoms with Crippen LogP contribution in [0.2, 0.25) is 0 Å². The Kier molecular flexibility index (Phi) is 6.45. The van der Waals surface area contributed by atoms with Gasteiger partial charge in [0.2, 0.25) is 5.89 Å². The highest BCUT2D eigenvalue weighted by Crippen LogP contribution is 2.24. The lowest BCUT2D eigenvalue weighted by Gasteiger charge is -2.13. The van der Waals surface area contributed by atoms with Crippen LogP contribution in [0.3, 0.4) is 0 Å². The molecule has 3 amide bonds. The topological polar surface area (TPSA) is 92.5 Å². The molecule has 0 bridgehead atoms. The Morgan fingerprint density at radius 3 is 2.44 bits per heavy atom. The summed E-state index contributed by atoms with van der Waals surface area (Å²) in [5.74, 6) is -0.474. The van der Waals surface area contributed by atoms with Crippen molar-refractivity contribution in [3.63, 3.8) is 0 Å². The number of benzene rings is 3. The number of amides is 3. The molecule has 1 aliphatic heterocycles. The summed E-state index contributed by atoms with van der Waals surface area (Å²) in [6, 6.07) is 22.2. The van der Waals surface area contributed by atoms with Crippen LogP contribution in [0.15, 0.2) is 83.5 Å². The maximum atomic E-state index is 12.9. The summed E-state index contributed by atoms with van der Waals surface area (Å²) in [5.41, 5.74) is 4.76. The second-order valence-electron chi connectivity index (χ2n) is 8.77. The molecular weight excluding hydrogens is 454 g/mol. The van der Waals surface area contributed by atoms with E-state index in [0.717, 1.165) is 22.4 Å². The van der Waals surface area contributed by atoms with Gasteiger partial charge in [0, 0.05) is 30.6 Å². The van der Waals surface area contributed by atoms with Crippen LogP contribution >= 0.6 is 0 Å². The molecular formula is C29H25N3O4. The number of rotatable bonds is 8. The highest BCUT2D eigenvalue weighted by molar-refractivity contribution is 6.22. The van der Waals surface area contributed by atoms with Crippen LogP contribution in [-0.4, -0.2) is 40.7 Å². The SMILES string of the molecule is Cc1ccc(-c2nc(CCNC(=O)c3ccc4c(c3)C(=O)N(CCc3ccccc3)C4=O)co2)cc1. The van der Waals surface area contributed by atoms with Crippen LogP contribution < -0.4 is 5.32 Å². The molecule has 7 heteroatoms. The van der Waals surface area contributed by atoms with Gasteiger partial charge in [0.15, 0.2) is 0 Å². The molecule has 5 rings (SSSR count). The highest BCUT2D eigenvalue weighted by atomic mass is 16.3. The Hall–Kier alpha value is -4.52. The van der Waals surface area contributed by atoms with Gasteiger partial charge in [-0.1, -0.05) is 48.0 Å². The summed E-state index contributed by atoms with van der Waals surface area (Å²) in [6.07, 6.45) is 2.66. The molecule has 1 aliphatic rings. The summed E-state index contributed by atoms with van der Waals surface area (Å²) in [4.78, 5) is 44.1. The number of aryl methyl sites for hydroxylation is 1. The van der Waals surface area contributed by atoms with Crippen molar-refractivity contribution in [1.29, 1.82) is 0 Å². The maximum absolute atomic E-state index is 12.9. The Balaban J connectivity index is 1.18. The lowest BCUT2D eigenvalue weighted by molar-refractivity contribution is 0.0656. The standard InChI is InChI=1S/C29H25N3O4/c1-19-7-9-21(10-8-19)27-31-23(18-36-27)13-15-30-26(33)22-11-12-24-25(17-22)29(35)32(28(24)34)16-14-20-5-3-2-4-6-20/h2-12,17-18H,13-16H2,1H3,(H,30,33). The number of nitrogens with one attached hydrogen (secondary N) is 1. The molecule has 0 saturated heterocycles. The van der Waals surface area contributed by atoms with Crippen LogP contribution in [0.4, 0.5) is 0 Å². The van der Waals surface area contributed by atoms with Crippen LogP contribution in [0.1, 0.15) is 47.9 Å². The number of hydrogen-bond donors (Lipinski definition) is 1. The molecule has 7 nitrogen and oxygen atoms in total. The van der Waals surface area contributed by atoms with Gasteiger partial charge in [-0.05, 0) is 49.2 Å². The third-order valence-corrected chi connectivity index (χ3v) is 6.22. The second kappa shape index (κ2) is 10.00. The molecule has 1 N–H and O–H groups in total. The first kappa shape index (κ1) is 23.2. The van der Waals surface area contributed by atoms with Gasteiger partial charge < -0.3 is 9.73 Å². The van der Waals surface area contributed by atoms with Crippen molar-refractivity contribution in [2.75, 3.05) is 13.1 Å². The molecule has 0 aliphatic carbocycles. The highest BCUT2D eigenvalue weighted by Gasteiger charge is 2.35. The average molecular weight is 480 g/mol. The smallest absolute Gasteiger partial charge is 0.261 e. The van der Waals surface area contributed by atoms with Crippen molar-refractivity contribution in [2.45, 2.75) is 19.8 Å². The van der Waals surface area contributed by atoms with E-state index in [0.29, 0.717) is 42.9 Å². The van der Waals surface area contributed by atoms with Crippen molar-refractivity contribution < 1.29 is 18.8 Å². The normalized spacial score (nSPS) is 12.6.